The van der Waals surface area contributed by atoms with Crippen molar-refractivity contribution in [3.8, 4) is 0 Å². The standard InChI is InChI=1S/C21H23N3O3/c25-16-24-12-10-23(11-13-24)15-17-6-8-19(9-7-17)21(27)22-14-20(26)18-4-2-1-3-5-18/h1-9,16H,10-15H2,(H,22,27). The minimum Gasteiger partial charge on any atom is -0.345 e. The minimum absolute atomic E-state index is 0.0222. The number of piperazine rings is 1. The normalized spacial score (nSPS) is 14.6. The van der Waals surface area contributed by atoms with Gasteiger partial charge in [0.15, 0.2) is 5.78 Å². The molecular formula is C21H23N3O3. The molecule has 1 N–H and O–H groups in total. The molecule has 6 nitrogen and oxygen atoms in total. The summed E-state index contributed by atoms with van der Waals surface area (Å²) >= 11 is 0. The number of carbonyl (C=O) groups is 3. The molecule has 0 spiro atoms. The van der Waals surface area contributed by atoms with E-state index in [-0.39, 0.29) is 18.2 Å². The van der Waals surface area contributed by atoms with Crippen LogP contribution in [0.2, 0.25) is 0 Å². The van der Waals surface area contributed by atoms with Crippen LogP contribution in [0.1, 0.15) is 26.3 Å². The lowest BCUT2D eigenvalue weighted by molar-refractivity contribution is -0.119. The number of benzene rings is 2. The summed E-state index contributed by atoms with van der Waals surface area (Å²) in [5.74, 6) is -0.375. The molecule has 6 heteroatoms. The topological polar surface area (TPSA) is 69.7 Å². The van der Waals surface area contributed by atoms with E-state index >= 15 is 0 Å². The Bertz CT molecular complexity index is 782. The SMILES string of the molecule is O=CN1CCN(Cc2ccc(C(=O)NCC(=O)c3ccccc3)cc2)CC1. The number of ketones is 1. The molecule has 0 atom stereocenters. The van der Waals surface area contributed by atoms with Crippen molar-refractivity contribution in [2.75, 3.05) is 32.7 Å². The number of rotatable bonds is 7. The second-order valence-corrected chi connectivity index (χ2v) is 6.59. The molecule has 27 heavy (non-hydrogen) atoms. The predicted octanol–water partition coefficient (Wildman–Crippen LogP) is 1.57. The van der Waals surface area contributed by atoms with Crippen molar-refractivity contribution in [3.05, 3.63) is 71.3 Å². The van der Waals surface area contributed by atoms with Gasteiger partial charge in [-0.1, -0.05) is 42.5 Å². The summed E-state index contributed by atoms with van der Waals surface area (Å²) in [5.41, 5.74) is 2.24. The van der Waals surface area contributed by atoms with E-state index in [0.29, 0.717) is 11.1 Å². The molecule has 2 aromatic rings. The van der Waals surface area contributed by atoms with E-state index in [1.165, 1.54) is 0 Å². The molecule has 2 aromatic carbocycles. The predicted molar refractivity (Wildman–Crippen MR) is 102 cm³/mol. The van der Waals surface area contributed by atoms with Crippen LogP contribution in [-0.4, -0.2) is 60.6 Å². The van der Waals surface area contributed by atoms with Crippen LogP contribution < -0.4 is 5.32 Å². The molecule has 1 fully saturated rings. The Labute approximate surface area is 158 Å². The zero-order chi connectivity index (χ0) is 19.1. The minimum atomic E-state index is -0.259. The number of hydrogen-bond donors (Lipinski definition) is 1. The molecule has 3 rings (SSSR count). The number of amides is 2. The second-order valence-electron chi connectivity index (χ2n) is 6.59. The lowest BCUT2D eigenvalue weighted by Crippen LogP contribution is -2.45. The number of carbonyl (C=O) groups excluding carboxylic acids is 3. The molecule has 0 bridgehead atoms. The van der Waals surface area contributed by atoms with Gasteiger partial charge < -0.3 is 10.2 Å². The van der Waals surface area contributed by atoms with Crippen molar-refractivity contribution in [2.45, 2.75) is 6.54 Å². The second kappa shape index (κ2) is 9.09. The monoisotopic (exact) mass is 365 g/mol. The van der Waals surface area contributed by atoms with Gasteiger partial charge in [-0.05, 0) is 17.7 Å². The molecule has 1 aliphatic heterocycles. The van der Waals surface area contributed by atoms with Gasteiger partial charge in [0.05, 0.1) is 6.54 Å². The van der Waals surface area contributed by atoms with Crippen LogP contribution in [-0.2, 0) is 11.3 Å². The van der Waals surface area contributed by atoms with Gasteiger partial charge in [0, 0.05) is 43.9 Å². The summed E-state index contributed by atoms with van der Waals surface area (Å²) in [6.45, 7) is 3.97. The Kier molecular flexibility index (Phi) is 6.33. The fourth-order valence-electron chi connectivity index (χ4n) is 3.04. The Morgan fingerprint density at radius 1 is 0.889 bits per heavy atom. The van der Waals surface area contributed by atoms with E-state index in [0.717, 1.165) is 44.7 Å². The van der Waals surface area contributed by atoms with Crippen LogP contribution in [0, 0.1) is 0 Å². The van der Waals surface area contributed by atoms with Crippen molar-refractivity contribution in [1.29, 1.82) is 0 Å². The number of Topliss-reactive ketones (excluding diaryl/α,β-unsaturated/α-hetero) is 1. The quantitative estimate of drug-likeness (QED) is 0.597. The van der Waals surface area contributed by atoms with E-state index in [2.05, 4.69) is 10.2 Å². The lowest BCUT2D eigenvalue weighted by Gasteiger charge is -2.32. The Morgan fingerprint density at radius 2 is 1.56 bits per heavy atom. The molecule has 1 heterocycles. The van der Waals surface area contributed by atoms with Crippen molar-refractivity contribution in [2.24, 2.45) is 0 Å². The summed E-state index contributed by atoms with van der Waals surface area (Å²) in [7, 11) is 0. The Morgan fingerprint density at radius 3 is 2.19 bits per heavy atom. The number of nitrogens with zero attached hydrogens (tertiary/aromatic N) is 2. The maximum absolute atomic E-state index is 12.2. The van der Waals surface area contributed by atoms with Gasteiger partial charge in [-0.2, -0.15) is 0 Å². The van der Waals surface area contributed by atoms with E-state index in [1.54, 1.807) is 41.3 Å². The molecule has 0 aliphatic carbocycles. The third-order valence-electron chi connectivity index (χ3n) is 4.68. The summed E-state index contributed by atoms with van der Waals surface area (Å²) < 4.78 is 0. The lowest BCUT2D eigenvalue weighted by atomic mass is 10.1. The third kappa shape index (κ3) is 5.24. The highest BCUT2D eigenvalue weighted by Crippen LogP contribution is 2.10. The highest BCUT2D eigenvalue weighted by molar-refractivity contribution is 6.02. The number of hydrogen-bond acceptors (Lipinski definition) is 4. The van der Waals surface area contributed by atoms with Crippen LogP contribution in [0.15, 0.2) is 54.6 Å². The van der Waals surface area contributed by atoms with Crippen LogP contribution in [0.4, 0.5) is 0 Å². The molecule has 0 aromatic heterocycles. The van der Waals surface area contributed by atoms with Crippen molar-refractivity contribution in [3.63, 3.8) is 0 Å². The molecule has 1 aliphatic rings. The van der Waals surface area contributed by atoms with Crippen molar-refractivity contribution < 1.29 is 14.4 Å². The molecule has 2 amide bonds. The first-order chi connectivity index (χ1) is 13.2. The van der Waals surface area contributed by atoms with Gasteiger partial charge in [0.2, 0.25) is 6.41 Å². The van der Waals surface area contributed by atoms with Crippen LogP contribution >= 0.6 is 0 Å². The summed E-state index contributed by atoms with van der Waals surface area (Å²) in [5, 5.41) is 2.67. The molecule has 0 saturated carbocycles. The van der Waals surface area contributed by atoms with E-state index < -0.39 is 0 Å². The maximum Gasteiger partial charge on any atom is 0.251 e. The summed E-state index contributed by atoms with van der Waals surface area (Å²) in [6, 6.07) is 16.3. The van der Waals surface area contributed by atoms with Gasteiger partial charge in [-0.25, -0.2) is 0 Å². The van der Waals surface area contributed by atoms with Gasteiger partial charge in [-0.15, -0.1) is 0 Å². The zero-order valence-corrected chi connectivity index (χ0v) is 15.1. The first kappa shape index (κ1) is 18.8. The Hall–Kier alpha value is -2.99. The van der Waals surface area contributed by atoms with Gasteiger partial charge >= 0.3 is 0 Å². The Balaban J connectivity index is 1.48. The van der Waals surface area contributed by atoms with Crippen LogP contribution in [0.3, 0.4) is 0 Å². The fourth-order valence-corrected chi connectivity index (χ4v) is 3.04. The molecule has 1 saturated heterocycles. The van der Waals surface area contributed by atoms with Gasteiger partial charge in [0.1, 0.15) is 0 Å². The first-order valence-corrected chi connectivity index (χ1v) is 9.03. The zero-order valence-electron chi connectivity index (χ0n) is 15.1. The van der Waals surface area contributed by atoms with Gasteiger partial charge in [0.25, 0.3) is 5.91 Å². The fraction of sp³-hybridized carbons (Fsp3) is 0.286. The van der Waals surface area contributed by atoms with Crippen molar-refractivity contribution in [1.82, 2.24) is 15.1 Å². The van der Waals surface area contributed by atoms with Crippen molar-refractivity contribution >= 4 is 18.1 Å². The molecule has 140 valence electrons. The maximum atomic E-state index is 12.2. The van der Waals surface area contributed by atoms with Crippen LogP contribution in [0.5, 0.6) is 0 Å². The summed E-state index contributed by atoms with van der Waals surface area (Å²) in [4.78, 5) is 39.1. The third-order valence-corrected chi connectivity index (χ3v) is 4.68. The molecule has 0 unspecified atom stereocenters. The van der Waals surface area contributed by atoms with E-state index in [4.69, 9.17) is 0 Å². The average molecular weight is 365 g/mol. The first-order valence-electron chi connectivity index (χ1n) is 9.03. The highest BCUT2D eigenvalue weighted by Gasteiger charge is 2.15. The number of nitrogens with one attached hydrogen (secondary N) is 1. The molecular weight excluding hydrogens is 342 g/mol. The highest BCUT2D eigenvalue weighted by atomic mass is 16.2. The average Bonchev–Trinajstić information content (AvgIpc) is 2.73. The summed E-state index contributed by atoms with van der Waals surface area (Å²) in [6.07, 6.45) is 0.896. The largest absolute Gasteiger partial charge is 0.345 e. The van der Waals surface area contributed by atoms with Gasteiger partial charge in [-0.3, -0.25) is 19.3 Å². The smallest absolute Gasteiger partial charge is 0.251 e. The van der Waals surface area contributed by atoms with E-state index in [1.807, 2.05) is 18.2 Å². The van der Waals surface area contributed by atoms with E-state index in [9.17, 15) is 14.4 Å². The van der Waals surface area contributed by atoms with Crippen LogP contribution in [0.25, 0.3) is 0 Å². The molecule has 0 radical (unpaired) electrons.